The molecule has 4 nitrogen and oxygen atoms in total. The van der Waals surface area contributed by atoms with E-state index in [0.29, 0.717) is 0 Å². The van der Waals surface area contributed by atoms with Gasteiger partial charge in [0.05, 0.1) is 18.0 Å². The molecule has 0 radical (unpaired) electrons. The van der Waals surface area contributed by atoms with Crippen LogP contribution in [-0.4, -0.2) is 15.0 Å². The number of aromatic nitrogens is 3. The van der Waals surface area contributed by atoms with Crippen molar-refractivity contribution < 1.29 is 0 Å². The van der Waals surface area contributed by atoms with Crippen LogP contribution >= 0.6 is 0 Å². The standard InChI is InChI=1S/C7H8N4/c1-6-4-11(10-9-6)7(5-8)2-3-7/h4H,2-3H2,1H3. The van der Waals surface area contributed by atoms with E-state index in [1.807, 2.05) is 13.1 Å². The zero-order valence-electron chi connectivity index (χ0n) is 6.28. The van der Waals surface area contributed by atoms with Crippen molar-refractivity contribution in [2.45, 2.75) is 25.3 Å². The van der Waals surface area contributed by atoms with Gasteiger partial charge in [0.15, 0.2) is 5.54 Å². The number of hydrogen-bond acceptors (Lipinski definition) is 3. The smallest absolute Gasteiger partial charge is 0.150 e. The predicted molar refractivity (Wildman–Crippen MR) is 37.6 cm³/mol. The minimum atomic E-state index is -0.346. The Morgan fingerprint density at radius 3 is 2.82 bits per heavy atom. The minimum Gasteiger partial charge on any atom is -0.232 e. The molecular weight excluding hydrogens is 140 g/mol. The summed E-state index contributed by atoms with van der Waals surface area (Å²) in [6.45, 7) is 1.87. The van der Waals surface area contributed by atoms with Gasteiger partial charge in [0.25, 0.3) is 0 Å². The maximum absolute atomic E-state index is 8.78. The first-order chi connectivity index (χ1) is 5.27. The molecule has 1 aromatic heterocycles. The minimum absolute atomic E-state index is 0.346. The highest BCUT2D eigenvalue weighted by Gasteiger charge is 2.46. The molecule has 1 aliphatic carbocycles. The van der Waals surface area contributed by atoms with Gasteiger partial charge in [-0.3, -0.25) is 0 Å². The third-order valence-corrected chi connectivity index (χ3v) is 1.98. The second kappa shape index (κ2) is 1.82. The second-order valence-electron chi connectivity index (χ2n) is 2.95. The van der Waals surface area contributed by atoms with Crippen LogP contribution in [0.15, 0.2) is 6.20 Å². The van der Waals surface area contributed by atoms with Crippen molar-refractivity contribution >= 4 is 0 Å². The summed E-state index contributed by atoms with van der Waals surface area (Å²) in [6.07, 6.45) is 3.63. The first-order valence-corrected chi connectivity index (χ1v) is 3.57. The molecule has 0 spiro atoms. The number of hydrogen-bond donors (Lipinski definition) is 0. The van der Waals surface area contributed by atoms with Gasteiger partial charge in [-0.25, -0.2) is 4.68 Å². The van der Waals surface area contributed by atoms with E-state index in [1.165, 1.54) is 0 Å². The topological polar surface area (TPSA) is 54.5 Å². The Hall–Kier alpha value is -1.37. The molecule has 1 aromatic rings. The van der Waals surface area contributed by atoms with Crippen LogP contribution in [0, 0.1) is 18.3 Å². The molecule has 1 aliphatic rings. The van der Waals surface area contributed by atoms with Crippen molar-refractivity contribution in [3.05, 3.63) is 11.9 Å². The Balaban J connectivity index is 2.38. The van der Waals surface area contributed by atoms with Gasteiger partial charge in [0.1, 0.15) is 0 Å². The average molecular weight is 148 g/mol. The first-order valence-electron chi connectivity index (χ1n) is 3.57. The Morgan fingerprint density at radius 2 is 2.45 bits per heavy atom. The lowest BCUT2D eigenvalue weighted by Crippen LogP contribution is -2.14. The first kappa shape index (κ1) is 6.35. The van der Waals surface area contributed by atoms with Gasteiger partial charge < -0.3 is 0 Å². The quantitative estimate of drug-likeness (QED) is 0.586. The SMILES string of the molecule is Cc1cn(C2(C#N)CC2)nn1. The van der Waals surface area contributed by atoms with Crippen molar-refractivity contribution in [1.82, 2.24) is 15.0 Å². The van der Waals surface area contributed by atoms with Gasteiger partial charge in [0.2, 0.25) is 0 Å². The Morgan fingerprint density at radius 1 is 1.73 bits per heavy atom. The van der Waals surface area contributed by atoms with Gasteiger partial charge in [-0.05, 0) is 19.8 Å². The van der Waals surface area contributed by atoms with E-state index < -0.39 is 0 Å². The van der Waals surface area contributed by atoms with E-state index in [9.17, 15) is 0 Å². The van der Waals surface area contributed by atoms with Crippen LogP contribution in [0.5, 0.6) is 0 Å². The zero-order chi connectivity index (χ0) is 7.90. The van der Waals surface area contributed by atoms with Crippen LogP contribution in [0.2, 0.25) is 0 Å². The summed E-state index contributed by atoms with van der Waals surface area (Å²) in [4.78, 5) is 0. The van der Waals surface area contributed by atoms with Crippen molar-refractivity contribution in [2.75, 3.05) is 0 Å². The summed E-state index contributed by atoms with van der Waals surface area (Å²) in [6, 6.07) is 2.24. The average Bonchev–Trinajstić information content (AvgIpc) is 2.70. The molecule has 2 rings (SSSR count). The highest BCUT2D eigenvalue weighted by molar-refractivity contribution is 5.15. The van der Waals surface area contributed by atoms with E-state index in [1.54, 1.807) is 4.68 Å². The molecule has 0 aliphatic heterocycles. The number of nitriles is 1. The summed E-state index contributed by atoms with van der Waals surface area (Å²) >= 11 is 0. The van der Waals surface area contributed by atoms with Gasteiger partial charge in [-0.1, -0.05) is 5.21 Å². The normalized spacial score (nSPS) is 19.3. The number of rotatable bonds is 1. The molecule has 0 atom stereocenters. The molecule has 11 heavy (non-hydrogen) atoms. The van der Waals surface area contributed by atoms with E-state index in [0.717, 1.165) is 18.5 Å². The predicted octanol–water partition coefficient (Wildman–Crippen LogP) is 0.599. The Bertz CT molecular complexity index is 315. The van der Waals surface area contributed by atoms with Crippen molar-refractivity contribution in [3.63, 3.8) is 0 Å². The molecule has 0 amide bonds. The molecule has 1 fully saturated rings. The second-order valence-corrected chi connectivity index (χ2v) is 2.95. The highest BCUT2D eigenvalue weighted by Crippen LogP contribution is 2.41. The number of nitrogens with zero attached hydrogens (tertiary/aromatic N) is 4. The fourth-order valence-corrected chi connectivity index (χ4v) is 1.07. The molecule has 1 saturated carbocycles. The Labute approximate surface area is 64.4 Å². The van der Waals surface area contributed by atoms with E-state index in [4.69, 9.17) is 5.26 Å². The van der Waals surface area contributed by atoms with Crippen LogP contribution < -0.4 is 0 Å². The van der Waals surface area contributed by atoms with Gasteiger partial charge in [-0.15, -0.1) is 5.10 Å². The summed E-state index contributed by atoms with van der Waals surface area (Å²) < 4.78 is 1.67. The molecule has 0 unspecified atom stereocenters. The number of aryl methyl sites for hydroxylation is 1. The third kappa shape index (κ3) is 0.811. The maximum atomic E-state index is 8.78. The lowest BCUT2D eigenvalue weighted by atomic mass is 10.3. The molecule has 0 saturated heterocycles. The maximum Gasteiger partial charge on any atom is 0.150 e. The van der Waals surface area contributed by atoms with Crippen LogP contribution in [0.3, 0.4) is 0 Å². The van der Waals surface area contributed by atoms with Gasteiger partial charge in [0, 0.05) is 0 Å². The lowest BCUT2D eigenvalue weighted by Gasteiger charge is -2.01. The monoisotopic (exact) mass is 148 g/mol. The van der Waals surface area contributed by atoms with Crippen LogP contribution in [0.25, 0.3) is 0 Å². The largest absolute Gasteiger partial charge is 0.232 e. The molecule has 0 N–H and O–H groups in total. The fraction of sp³-hybridized carbons (Fsp3) is 0.571. The van der Waals surface area contributed by atoms with E-state index in [-0.39, 0.29) is 5.54 Å². The summed E-state index contributed by atoms with van der Waals surface area (Å²) in [5, 5.41) is 16.5. The Kier molecular flexibility index (Phi) is 1.05. The molecule has 0 aromatic carbocycles. The van der Waals surface area contributed by atoms with Crippen LogP contribution in [0.4, 0.5) is 0 Å². The molecule has 0 bridgehead atoms. The van der Waals surface area contributed by atoms with Crippen molar-refractivity contribution in [1.29, 1.82) is 5.26 Å². The van der Waals surface area contributed by atoms with Gasteiger partial charge >= 0.3 is 0 Å². The molecular formula is C7H8N4. The summed E-state index contributed by atoms with van der Waals surface area (Å²) in [5.41, 5.74) is 0.521. The molecule has 4 heteroatoms. The van der Waals surface area contributed by atoms with Crippen molar-refractivity contribution in [3.8, 4) is 6.07 Å². The molecule has 56 valence electrons. The van der Waals surface area contributed by atoms with Gasteiger partial charge in [-0.2, -0.15) is 5.26 Å². The van der Waals surface area contributed by atoms with Crippen molar-refractivity contribution in [2.24, 2.45) is 0 Å². The lowest BCUT2D eigenvalue weighted by molar-refractivity contribution is 0.516. The third-order valence-electron chi connectivity index (χ3n) is 1.98. The van der Waals surface area contributed by atoms with Crippen LogP contribution in [0.1, 0.15) is 18.5 Å². The highest BCUT2D eigenvalue weighted by atomic mass is 15.5. The zero-order valence-corrected chi connectivity index (χ0v) is 6.28. The van der Waals surface area contributed by atoms with E-state index >= 15 is 0 Å². The molecule has 1 heterocycles. The summed E-state index contributed by atoms with van der Waals surface area (Å²) in [5.74, 6) is 0. The van der Waals surface area contributed by atoms with Crippen LogP contribution in [-0.2, 0) is 5.54 Å². The fourth-order valence-electron chi connectivity index (χ4n) is 1.07. The van der Waals surface area contributed by atoms with E-state index in [2.05, 4.69) is 16.4 Å². The summed E-state index contributed by atoms with van der Waals surface area (Å²) in [7, 11) is 0.